The molecule has 148 valence electrons. The highest BCUT2D eigenvalue weighted by Gasteiger charge is 2.27. The number of carbonyl (C=O) groups is 1. The van der Waals surface area contributed by atoms with Gasteiger partial charge in [-0.15, -0.1) is 0 Å². The van der Waals surface area contributed by atoms with E-state index in [1.807, 2.05) is 6.92 Å². The highest BCUT2D eigenvalue weighted by molar-refractivity contribution is 7.89. The molecule has 1 aromatic carbocycles. The number of carbonyl (C=O) groups excluding carboxylic acids is 1. The van der Waals surface area contributed by atoms with Crippen LogP contribution in [0, 0.1) is 11.6 Å². The number of halogens is 3. The van der Waals surface area contributed by atoms with Gasteiger partial charge in [0.1, 0.15) is 10.6 Å². The second-order valence-electron chi connectivity index (χ2n) is 6.72. The van der Waals surface area contributed by atoms with Crippen molar-refractivity contribution in [3.8, 4) is 0 Å². The fourth-order valence-corrected chi connectivity index (χ4v) is 3.99. The van der Waals surface area contributed by atoms with Gasteiger partial charge in [-0.1, -0.05) is 18.5 Å². The van der Waals surface area contributed by atoms with E-state index < -0.39 is 38.1 Å². The molecule has 2 N–H and O–H groups in total. The van der Waals surface area contributed by atoms with Crippen molar-refractivity contribution in [3.05, 3.63) is 46.7 Å². The largest absolute Gasteiger partial charge is 0.345 e. The van der Waals surface area contributed by atoms with Crippen LogP contribution in [0.1, 0.15) is 37.7 Å². The maximum absolute atomic E-state index is 13.4. The van der Waals surface area contributed by atoms with Gasteiger partial charge in [-0.3, -0.25) is 4.79 Å². The van der Waals surface area contributed by atoms with E-state index in [9.17, 15) is 22.0 Å². The van der Waals surface area contributed by atoms with E-state index in [1.165, 1.54) is 23.9 Å². The predicted octanol–water partition coefficient (Wildman–Crippen LogP) is 3.68. The number of hydrogen-bond acceptors (Lipinski definition) is 3. The molecule has 0 aliphatic rings. The molecule has 0 spiro atoms. The highest BCUT2D eigenvalue weighted by atomic mass is 35.5. The molecule has 0 aliphatic heterocycles. The molecular formula is C17H20ClF2N3O3S. The first-order valence-electron chi connectivity index (χ1n) is 8.02. The van der Waals surface area contributed by atoms with Crippen LogP contribution in [0.2, 0.25) is 5.02 Å². The molecule has 27 heavy (non-hydrogen) atoms. The SMILES string of the molecule is CCC(C)(C)NS(=O)(=O)c1cc(C(=O)Nc2cc(F)c(F)c(Cl)c2)n(C)c1. The van der Waals surface area contributed by atoms with Crippen LogP contribution in [0.25, 0.3) is 0 Å². The summed E-state index contributed by atoms with van der Waals surface area (Å²) in [5.41, 5.74) is -0.690. The first kappa shape index (κ1) is 21.3. The zero-order chi connectivity index (χ0) is 20.6. The minimum atomic E-state index is -3.84. The van der Waals surface area contributed by atoms with Crippen molar-refractivity contribution >= 4 is 33.2 Å². The lowest BCUT2D eigenvalue weighted by atomic mass is 10.0. The molecular weight excluding hydrogens is 400 g/mol. The highest BCUT2D eigenvalue weighted by Crippen LogP contribution is 2.24. The average Bonchev–Trinajstić information content (AvgIpc) is 2.94. The average molecular weight is 420 g/mol. The number of aromatic nitrogens is 1. The monoisotopic (exact) mass is 419 g/mol. The molecule has 10 heteroatoms. The van der Waals surface area contributed by atoms with Crippen molar-refractivity contribution in [1.82, 2.24) is 9.29 Å². The molecule has 0 atom stereocenters. The number of rotatable bonds is 6. The summed E-state index contributed by atoms with van der Waals surface area (Å²) in [4.78, 5) is 12.3. The molecule has 1 heterocycles. The van der Waals surface area contributed by atoms with Gasteiger partial charge in [0.15, 0.2) is 11.6 Å². The number of anilines is 1. The Balaban J connectivity index is 2.29. The Morgan fingerprint density at radius 1 is 1.26 bits per heavy atom. The van der Waals surface area contributed by atoms with Crippen molar-refractivity contribution < 1.29 is 22.0 Å². The van der Waals surface area contributed by atoms with Crippen LogP contribution in [-0.2, 0) is 17.1 Å². The van der Waals surface area contributed by atoms with Crippen LogP contribution < -0.4 is 10.0 Å². The van der Waals surface area contributed by atoms with Crippen molar-refractivity contribution in [2.75, 3.05) is 5.32 Å². The van der Waals surface area contributed by atoms with Crippen LogP contribution in [0.4, 0.5) is 14.5 Å². The van der Waals surface area contributed by atoms with E-state index in [2.05, 4.69) is 10.0 Å². The maximum Gasteiger partial charge on any atom is 0.272 e. The van der Waals surface area contributed by atoms with Crippen molar-refractivity contribution in [3.63, 3.8) is 0 Å². The third-order valence-corrected chi connectivity index (χ3v) is 6.00. The van der Waals surface area contributed by atoms with Gasteiger partial charge >= 0.3 is 0 Å². The lowest BCUT2D eigenvalue weighted by Gasteiger charge is -2.23. The maximum atomic E-state index is 13.4. The number of nitrogens with zero attached hydrogens (tertiary/aromatic N) is 1. The lowest BCUT2D eigenvalue weighted by Crippen LogP contribution is -2.42. The third-order valence-electron chi connectivity index (χ3n) is 4.06. The number of aryl methyl sites for hydroxylation is 1. The Hall–Kier alpha value is -1.97. The van der Waals surface area contributed by atoms with E-state index in [0.29, 0.717) is 6.42 Å². The standard InChI is InChI=1S/C17H20ClF2N3O3S/c1-5-17(2,3)22-27(25,26)11-8-14(23(4)9-11)16(24)21-10-6-12(18)15(20)13(19)7-10/h6-9,22H,5H2,1-4H3,(H,21,24). The fourth-order valence-electron chi connectivity index (χ4n) is 2.22. The molecule has 0 aliphatic carbocycles. The Labute approximate surface area is 161 Å². The summed E-state index contributed by atoms with van der Waals surface area (Å²) in [5.74, 6) is -3.12. The molecule has 0 bridgehead atoms. The quantitative estimate of drug-likeness (QED) is 0.701. The van der Waals surface area contributed by atoms with E-state index in [4.69, 9.17) is 11.6 Å². The first-order valence-corrected chi connectivity index (χ1v) is 9.88. The zero-order valence-electron chi connectivity index (χ0n) is 15.2. The first-order chi connectivity index (χ1) is 12.4. The van der Waals surface area contributed by atoms with Gasteiger partial charge in [-0.2, -0.15) is 0 Å². The van der Waals surface area contributed by atoms with E-state index in [0.717, 1.165) is 12.1 Å². The van der Waals surface area contributed by atoms with Gasteiger partial charge in [-0.05, 0) is 32.4 Å². The van der Waals surface area contributed by atoms with Gasteiger partial charge < -0.3 is 9.88 Å². The third kappa shape index (κ3) is 4.85. The normalized spacial score (nSPS) is 12.3. The molecule has 0 saturated carbocycles. The van der Waals surface area contributed by atoms with Crippen molar-refractivity contribution in [1.29, 1.82) is 0 Å². The lowest BCUT2D eigenvalue weighted by molar-refractivity contribution is 0.101. The minimum absolute atomic E-state index is 0.0190. The topological polar surface area (TPSA) is 80.2 Å². The Bertz CT molecular complexity index is 964. The molecule has 6 nitrogen and oxygen atoms in total. The van der Waals surface area contributed by atoms with Gasteiger partial charge in [-0.25, -0.2) is 21.9 Å². The summed E-state index contributed by atoms with van der Waals surface area (Å²) in [6, 6.07) is 3.04. The van der Waals surface area contributed by atoms with Gasteiger partial charge in [0, 0.05) is 30.5 Å². The summed E-state index contributed by atoms with van der Waals surface area (Å²) >= 11 is 5.56. The van der Waals surface area contributed by atoms with Crippen molar-refractivity contribution in [2.45, 2.75) is 37.6 Å². The van der Waals surface area contributed by atoms with Gasteiger partial charge in [0.05, 0.1) is 5.02 Å². The van der Waals surface area contributed by atoms with Crippen LogP contribution in [0.3, 0.4) is 0 Å². The number of benzene rings is 1. The second kappa shape index (κ2) is 7.57. The number of sulfonamides is 1. The Morgan fingerprint density at radius 3 is 2.44 bits per heavy atom. The molecule has 0 fully saturated rings. The van der Waals surface area contributed by atoms with Crippen LogP contribution in [-0.4, -0.2) is 24.4 Å². The zero-order valence-corrected chi connectivity index (χ0v) is 16.8. The molecule has 0 saturated heterocycles. The second-order valence-corrected chi connectivity index (χ2v) is 8.81. The van der Waals surface area contributed by atoms with Gasteiger partial charge in [0.2, 0.25) is 10.0 Å². The summed E-state index contributed by atoms with van der Waals surface area (Å²) in [5, 5.41) is 1.89. The molecule has 1 amide bonds. The predicted molar refractivity (Wildman–Crippen MR) is 99.4 cm³/mol. The summed E-state index contributed by atoms with van der Waals surface area (Å²) in [7, 11) is -2.34. The molecule has 2 rings (SSSR count). The number of nitrogens with one attached hydrogen (secondary N) is 2. The summed E-state index contributed by atoms with van der Waals surface area (Å²) < 4.78 is 55.6. The van der Waals surface area contributed by atoms with Gasteiger partial charge in [0.25, 0.3) is 5.91 Å². The van der Waals surface area contributed by atoms with Crippen LogP contribution in [0.15, 0.2) is 29.3 Å². The number of hydrogen-bond donors (Lipinski definition) is 2. The van der Waals surface area contributed by atoms with Crippen LogP contribution in [0.5, 0.6) is 0 Å². The van der Waals surface area contributed by atoms with E-state index in [1.54, 1.807) is 13.8 Å². The molecule has 1 aromatic heterocycles. The smallest absolute Gasteiger partial charge is 0.272 e. The molecule has 0 unspecified atom stereocenters. The van der Waals surface area contributed by atoms with Crippen LogP contribution >= 0.6 is 11.6 Å². The Kier molecular flexibility index (Phi) is 5.98. The summed E-state index contributed by atoms with van der Waals surface area (Å²) in [6.45, 7) is 5.33. The van der Waals surface area contributed by atoms with E-state index >= 15 is 0 Å². The number of amides is 1. The molecule has 2 aromatic rings. The van der Waals surface area contributed by atoms with E-state index in [-0.39, 0.29) is 16.3 Å². The van der Waals surface area contributed by atoms with Crippen molar-refractivity contribution in [2.24, 2.45) is 7.05 Å². The minimum Gasteiger partial charge on any atom is -0.345 e. The molecule has 0 radical (unpaired) electrons. The summed E-state index contributed by atoms with van der Waals surface area (Å²) in [6.07, 6.45) is 1.87. The Morgan fingerprint density at radius 2 is 1.89 bits per heavy atom. The fraction of sp³-hybridized carbons (Fsp3) is 0.353.